The largest absolute Gasteiger partial charge is 0.392 e. The van der Waals surface area contributed by atoms with Gasteiger partial charge < -0.3 is 14.4 Å². The molecule has 1 saturated heterocycles. The second kappa shape index (κ2) is 6.13. The highest BCUT2D eigenvalue weighted by atomic mass is 16.5. The minimum absolute atomic E-state index is 0.0405. The molecule has 0 aromatic carbocycles. The van der Waals surface area contributed by atoms with Crippen LogP contribution in [0.25, 0.3) is 11.0 Å². The third kappa shape index (κ3) is 2.95. The van der Waals surface area contributed by atoms with Gasteiger partial charge in [0.2, 0.25) is 0 Å². The lowest BCUT2D eigenvalue weighted by molar-refractivity contribution is -0.0451. The van der Waals surface area contributed by atoms with Crippen molar-refractivity contribution < 1.29 is 9.84 Å². The molecular formula is C16H23N3O2. The maximum Gasteiger partial charge on any atom is 0.140 e. The van der Waals surface area contributed by atoms with Crippen LogP contribution in [0.15, 0.2) is 24.5 Å². The SMILES string of the molecule is CC(C)N1CCOC(Cn2cc(CO)c3cccnc32)C1. The molecule has 114 valence electrons. The minimum atomic E-state index is 0.0405. The van der Waals surface area contributed by atoms with Crippen LogP contribution >= 0.6 is 0 Å². The van der Waals surface area contributed by atoms with Crippen molar-refractivity contribution >= 4 is 11.0 Å². The van der Waals surface area contributed by atoms with E-state index in [0.29, 0.717) is 6.04 Å². The van der Waals surface area contributed by atoms with E-state index in [2.05, 4.69) is 28.3 Å². The van der Waals surface area contributed by atoms with E-state index in [1.54, 1.807) is 6.20 Å². The number of aromatic nitrogens is 2. The van der Waals surface area contributed by atoms with Crippen molar-refractivity contribution in [3.8, 4) is 0 Å². The van der Waals surface area contributed by atoms with Crippen molar-refractivity contribution in [3.63, 3.8) is 0 Å². The third-order valence-electron chi connectivity index (χ3n) is 4.19. The molecule has 1 aliphatic rings. The molecule has 5 heteroatoms. The van der Waals surface area contributed by atoms with Gasteiger partial charge in [-0.25, -0.2) is 4.98 Å². The molecule has 0 saturated carbocycles. The minimum Gasteiger partial charge on any atom is -0.392 e. The molecule has 2 aromatic heterocycles. The van der Waals surface area contributed by atoms with E-state index in [0.717, 1.165) is 42.8 Å². The summed E-state index contributed by atoms with van der Waals surface area (Å²) in [5.41, 5.74) is 1.85. The predicted molar refractivity (Wildman–Crippen MR) is 82.1 cm³/mol. The molecule has 3 heterocycles. The first-order valence-electron chi connectivity index (χ1n) is 7.58. The van der Waals surface area contributed by atoms with Gasteiger partial charge in [0.05, 0.1) is 25.9 Å². The van der Waals surface area contributed by atoms with Crippen molar-refractivity contribution in [1.29, 1.82) is 0 Å². The molecule has 0 amide bonds. The number of pyridine rings is 1. The monoisotopic (exact) mass is 289 g/mol. The molecule has 0 aliphatic carbocycles. The average molecular weight is 289 g/mol. The maximum absolute atomic E-state index is 9.49. The van der Waals surface area contributed by atoms with Crippen molar-refractivity contribution in [3.05, 3.63) is 30.1 Å². The topological polar surface area (TPSA) is 50.5 Å². The molecule has 1 atom stereocenters. The Hall–Kier alpha value is -1.43. The summed E-state index contributed by atoms with van der Waals surface area (Å²) >= 11 is 0. The highest BCUT2D eigenvalue weighted by Crippen LogP contribution is 2.21. The van der Waals surface area contributed by atoms with E-state index < -0.39 is 0 Å². The number of hydrogen-bond acceptors (Lipinski definition) is 4. The molecule has 0 bridgehead atoms. The van der Waals surface area contributed by atoms with Crippen LogP contribution < -0.4 is 0 Å². The van der Waals surface area contributed by atoms with Gasteiger partial charge in [-0.2, -0.15) is 0 Å². The first-order valence-corrected chi connectivity index (χ1v) is 7.58. The van der Waals surface area contributed by atoms with Crippen LogP contribution in [0.2, 0.25) is 0 Å². The number of fused-ring (bicyclic) bond motifs is 1. The molecule has 5 nitrogen and oxygen atoms in total. The number of rotatable bonds is 4. The van der Waals surface area contributed by atoms with Gasteiger partial charge in [0, 0.05) is 42.5 Å². The summed E-state index contributed by atoms with van der Waals surface area (Å²) in [7, 11) is 0. The Morgan fingerprint density at radius 2 is 2.33 bits per heavy atom. The summed E-state index contributed by atoms with van der Waals surface area (Å²) in [5, 5.41) is 10.5. The third-order valence-corrected chi connectivity index (χ3v) is 4.19. The lowest BCUT2D eigenvalue weighted by Gasteiger charge is -2.35. The van der Waals surface area contributed by atoms with Crippen molar-refractivity contribution in [2.75, 3.05) is 19.7 Å². The lowest BCUT2D eigenvalue weighted by Crippen LogP contribution is -2.47. The zero-order valence-electron chi connectivity index (χ0n) is 12.7. The van der Waals surface area contributed by atoms with Gasteiger partial charge in [-0.3, -0.25) is 4.90 Å². The Balaban J connectivity index is 1.81. The summed E-state index contributed by atoms with van der Waals surface area (Å²) in [6.07, 6.45) is 3.96. The van der Waals surface area contributed by atoms with Gasteiger partial charge in [0.15, 0.2) is 0 Å². The zero-order valence-corrected chi connectivity index (χ0v) is 12.7. The first kappa shape index (κ1) is 14.5. The van der Waals surface area contributed by atoms with E-state index >= 15 is 0 Å². The average Bonchev–Trinajstić information content (AvgIpc) is 2.86. The summed E-state index contributed by atoms with van der Waals surface area (Å²) in [5.74, 6) is 0. The van der Waals surface area contributed by atoms with E-state index in [9.17, 15) is 5.11 Å². The molecule has 1 aliphatic heterocycles. The normalized spacial score (nSPS) is 20.5. The number of ether oxygens (including phenoxy) is 1. The van der Waals surface area contributed by atoms with Crippen molar-refractivity contribution in [1.82, 2.24) is 14.5 Å². The summed E-state index contributed by atoms with van der Waals surface area (Å²) in [6.45, 7) is 7.98. The fraction of sp³-hybridized carbons (Fsp3) is 0.562. The molecule has 1 fully saturated rings. The number of nitrogens with zero attached hydrogens (tertiary/aromatic N) is 3. The zero-order chi connectivity index (χ0) is 14.8. The van der Waals surface area contributed by atoms with Gasteiger partial charge in [0.1, 0.15) is 5.65 Å². The van der Waals surface area contributed by atoms with E-state index in [1.165, 1.54) is 0 Å². The van der Waals surface area contributed by atoms with E-state index in [-0.39, 0.29) is 12.7 Å². The molecule has 0 spiro atoms. The maximum atomic E-state index is 9.49. The Bertz CT molecular complexity index is 609. The fourth-order valence-corrected chi connectivity index (χ4v) is 3.00. The molecular weight excluding hydrogens is 266 g/mol. The quantitative estimate of drug-likeness (QED) is 0.929. The van der Waals surface area contributed by atoms with Crippen LogP contribution in [-0.2, 0) is 17.9 Å². The second-order valence-electron chi connectivity index (χ2n) is 5.92. The smallest absolute Gasteiger partial charge is 0.140 e. The van der Waals surface area contributed by atoms with E-state index in [4.69, 9.17) is 4.74 Å². The fourth-order valence-electron chi connectivity index (χ4n) is 3.00. The van der Waals surface area contributed by atoms with Crippen LogP contribution in [-0.4, -0.2) is 51.4 Å². The molecule has 2 aromatic rings. The number of hydrogen-bond donors (Lipinski definition) is 1. The molecule has 0 radical (unpaired) electrons. The number of morpholine rings is 1. The first-order chi connectivity index (χ1) is 10.2. The highest BCUT2D eigenvalue weighted by molar-refractivity contribution is 5.80. The number of aliphatic hydroxyl groups is 1. The van der Waals surface area contributed by atoms with E-state index in [1.807, 2.05) is 18.3 Å². The molecule has 1 N–H and O–H groups in total. The van der Waals surface area contributed by atoms with Crippen molar-refractivity contribution in [2.45, 2.75) is 39.1 Å². The van der Waals surface area contributed by atoms with Gasteiger partial charge in [-0.05, 0) is 26.0 Å². The van der Waals surface area contributed by atoms with Crippen LogP contribution in [0.1, 0.15) is 19.4 Å². The van der Waals surface area contributed by atoms with Gasteiger partial charge in [-0.1, -0.05) is 0 Å². The predicted octanol–water partition coefficient (Wildman–Crippen LogP) is 1.64. The number of aliphatic hydroxyl groups excluding tert-OH is 1. The standard InChI is InChI=1S/C16H23N3O2/c1-12(2)18-6-7-21-14(9-18)10-19-8-13(11-20)15-4-3-5-17-16(15)19/h3-5,8,12,14,20H,6-7,9-11H2,1-2H3. The van der Waals surface area contributed by atoms with Crippen LogP contribution in [0.5, 0.6) is 0 Å². The summed E-state index contributed by atoms with van der Waals surface area (Å²) in [6, 6.07) is 4.46. The van der Waals surface area contributed by atoms with Crippen LogP contribution in [0.4, 0.5) is 0 Å². The van der Waals surface area contributed by atoms with Gasteiger partial charge in [-0.15, -0.1) is 0 Å². The lowest BCUT2D eigenvalue weighted by atomic mass is 10.2. The van der Waals surface area contributed by atoms with Gasteiger partial charge >= 0.3 is 0 Å². The molecule has 1 unspecified atom stereocenters. The second-order valence-corrected chi connectivity index (χ2v) is 5.92. The Kier molecular flexibility index (Phi) is 4.24. The Morgan fingerprint density at radius 3 is 3.10 bits per heavy atom. The Labute approximate surface area is 125 Å². The highest BCUT2D eigenvalue weighted by Gasteiger charge is 2.23. The summed E-state index contributed by atoms with van der Waals surface area (Å²) < 4.78 is 8.01. The Morgan fingerprint density at radius 1 is 1.48 bits per heavy atom. The van der Waals surface area contributed by atoms with Gasteiger partial charge in [0.25, 0.3) is 0 Å². The summed E-state index contributed by atoms with van der Waals surface area (Å²) in [4.78, 5) is 6.90. The molecule has 21 heavy (non-hydrogen) atoms. The van der Waals surface area contributed by atoms with Crippen LogP contribution in [0, 0.1) is 0 Å². The molecule has 3 rings (SSSR count). The van der Waals surface area contributed by atoms with Crippen LogP contribution in [0.3, 0.4) is 0 Å². The van der Waals surface area contributed by atoms with Crippen molar-refractivity contribution in [2.24, 2.45) is 0 Å².